The highest BCUT2D eigenvalue weighted by Crippen LogP contribution is 2.67. The molecule has 4 unspecified atom stereocenters. The third kappa shape index (κ3) is 1.35. The predicted molar refractivity (Wildman–Crippen MR) is 66.4 cm³/mol. The van der Waals surface area contributed by atoms with E-state index in [9.17, 15) is 4.79 Å². The molecule has 2 bridgehead atoms. The average Bonchev–Trinajstić information content (AvgIpc) is 2.80. The number of hydrogen-bond acceptors (Lipinski definition) is 1. The number of rotatable bonds is 3. The molecule has 2 saturated carbocycles. The lowest BCUT2D eigenvalue weighted by molar-refractivity contribution is -0.120. The maximum absolute atomic E-state index is 12.3. The minimum absolute atomic E-state index is 0.383. The summed E-state index contributed by atoms with van der Waals surface area (Å²) in [6.07, 6.45) is 6.66. The third-order valence-electron chi connectivity index (χ3n) is 4.86. The van der Waals surface area contributed by atoms with Crippen LogP contribution in [0.25, 0.3) is 0 Å². The van der Waals surface area contributed by atoms with Crippen LogP contribution < -0.4 is 0 Å². The smallest absolute Gasteiger partial charge is 0.140 e. The van der Waals surface area contributed by atoms with Crippen molar-refractivity contribution < 1.29 is 4.79 Å². The first-order valence-corrected chi connectivity index (χ1v) is 6.59. The summed E-state index contributed by atoms with van der Waals surface area (Å²) in [7, 11) is 0. The van der Waals surface area contributed by atoms with Crippen LogP contribution in [-0.4, -0.2) is 5.78 Å². The van der Waals surface area contributed by atoms with Crippen molar-refractivity contribution >= 4 is 5.78 Å². The van der Waals surface area contributed by atoms with Gasteiger partial charge < -0.3 is 0 Å². The van der Waals surface area contributed by atoms with Crippen LogP contribution >= 0.6 is 0 Å². The number of allylic oxidation sites excluding steroid dienone is 2. The molecule has 0 aromatic heterocycles. The Morgan fingerprint density at radius 1 is 1.06 bits per heavy atom. The Hall–Kier alpha value is -1.37. The summed E-state index contributed by atoms with van der Waals surface area (Å²) in [5.41, 5.74) is 1.17. The topological polar surface area (TPSA) is 17.1 Å². The van der Waals surface area contributed by atoms with E-state index < -0.39 is 0 Å². The molecule has 2 fully saturated rings. The molecular formula is C16H16O. The third-order valence-corrected chi connectivity index (χ3v) is 4.86. The molecule has 0 saturated heterocycles. The molecule has 1 heteroatoms. The van der Waals surface area contributed by atoms with Crippen LogP contribution in [0.15, 0.2) is 42.5 Å². The second kappa shape index (κ2) is 3.32. The van der Waals surface area contributed by atoms with Crippen LogP contribution in [0.5, 0.6) is 0 Å². The molecule has 4 rings (SSSR count). The Bertz CT molecular complexity index is 470. The van der Waals surface area contributed by atoms with E-state index in [1.54, 1.807) is 0 Å². The molecule has 3 aliphatic rings. The molecule has 17 heavy (non-hydrogen) atoms. The van der Waals surface area contributed by atoms with Crippen LogP contribution in [-0.2, 0) is 11.2 Å². The highest BCUT2D eigenvalue weighted by atomic mass is 16.1. The average molecular weight is 224 g/mol. The van der Waals surface area contributed by atoms with Gasteiger partial charge in [-0.25, -0.2) is 0 Å². The Labute approximate surface area is 102 Å². The van der Waals surface area contributed by atoms with Gasteiger partial charge in [0.25, 0.3) is 0 Å². The molecule has 0 N–H and O–H groups in total. The zero-order chi connectivity index (χ0) is 11.4. The summed E-state index contributed by atoms with van der Waals surface area (Å²) in [6.45, 7) is 0. The quantitative estimate of drug-likeness (QED) is 0.721. The first-order chi connectivity index (χ1) is 8.34. The highest BCUT2D eigenvalue weighted by Gasteiger charge is 2.65. The molecule has 1 aromatic carbocycles. The Morgan fingerprint density at radius 2 is 1.71 bits per heavy atom. The molecule has 0 heterocycles. The Kier molecular flexibility index (Phi) is 1.88. The van der Waals surface area contributed by atoms with Crippen molar-refractivity contribution in [3.63, 3.8) is 0 Å². The first kappa shape index (κ1) is 9.64. The summed E-state index contributed by atoms with van der Waals surface area (Å²) in [6, 6.07) is 10.2. The van der Waals surface area contributed by atoms with E-state index in [0.717, 1.165) is 11.8 Å². The van der Waals surface area contributed by atoms with Gasteiger partial charge in [0.2, 0.25) is 0 Å². The van der Waals surface area contributed by atoms with E-state index in [4.69, 9.17) is 0 Å². The number of ketones is 1. The standard InChI is InChI=1S/C16H16O/c17-13(8-10-4-2-1-3-5-10)16-14-11-6-7-12(9-11)15(14)16/h1-7,11-12,14-16H,8-9H2. The number of Topliss-reactive ketones (excluding diaryl/α,β-unsaturated/α-hetero) is 1. The van der Waals surface area contributed by atoms with Crippen molar-refractivity contribution in [2.75, 3.05) is 0 Å². The van der Waals surface area contributed by atoms with Gasteiger partial charge >= 0.3 is 0 Å². The van der Waals surface area contributed by atoms with Gasteiger partial charge in [0, 0.05) is 12.3 Å². The molecule has 1 nitrogen and oxygen atoms in total. The predicted octanol–water partition coefficient (Wildman–Crippen LogP) is 2.87. The molecule has 3 aliphatic carbocycles. The van der Waals surface area contributed by atoms with E-state index in [0.29, 0.717) is 30.0 Å². The monoisotopic (exact) mass is 224 g/mol. The molecular weight excluding hydrogens is 208 g/mol. The summed E-state index contributed by atoms with van der Waals surface area (Å²) >= 11 is 0. The molecule has 0 radical (unpaired) electrons. The van der Waals surface area contributed by atoms with Crippen molar-refractivity contribution in [2.45, 2.75) is 12.8 Å². The van der Waals surface area contributed by atoms with Crippen molar-refractivity contribution in [3.05, 3.63) is 48.0 Å². The van der Waals surface area contributed by atoms with Crippen LogP contribution in [0, 0.1) is 29.6 Å². The molecule has 1 aromatic rings. The van der Waals surface area contributed by atoms with E-state index in [1.165, 1.54) is 12.0 Å². The van der Waals surface area contributed by atoms with Crippen molar-refractivity contribution in [1.82, 2.24) is 0 Å². The number of carbonyl (C=O) groups excluding carboxylic acids is 1. The zero-order valence-electron chi connectivity index (χ0n) is 9.75. The number of benzene rings is 1. The van der Waals surface area contributed by atoms with Crippen LogP contribution in [0.2, 0.25) is 0 Å². The fraction of sp³-hybridized carbons (Fsp3) is 0.438. The van der Waals surface area contributed by atoms with Gasteiger partial charge in [0.05, 0.1) is 0 Å². The number of carbonyl (C=O) groups is 1. The second-order valence-corrected chi connectivity index (χ2v) is 5.76. The Morgan fingerprint density at radius 3 is 2.35 bits per heavy atom. The SMILES string of the molecule is O=C(Cc1ccccc1)C1C2C3C=CC(C3)C12. The lowest BCUT2D eigenvalue weighted by Gasteiger charge is -2.08. The molecule has 0 aliphatic heterocycles. The summed E-state index contributed by atoms with van der Waals surface area (Å²) in [4.78, 5) is 12.3. The van der Waals surface area contributed by atoms with Crippen molar-refractivity contribution in [3.8, 4) is 0 Å². The highest BCUT2D eigenvalue weighted by molar-refractivity contribution is 5.87. The van der Waals surface area contributed by atoms with Gasteiger partial charge in [-0.3, -0.25) is 4.79 Å². The molecule has 86 valence electrons. The minimum Gasteiger partial charge on any atom is -0.299 e. The maximum Gasteiger partial charge on any atom is 0.140 e. The molecule has 4 atom stereocenters. The van der Waals surface area contributed by atoms with E-state index in [-0.39, 0.29) is 0 Å². The minimum atomic E-state index is 0.383. The van der Waals surface area contributed by atoms with Crippen LogP contribution in [0.3, 0.4) is 0 Å². The van der Waals surface area contributed by atoms with Gasteiger partial charge in [-0.05, 0) is 35.7 Å². The van der Waals surface area contributed by atoms with Crippen LogP contribution in [0.1, 0.15) is 12.0 Å². The Balaban J connectivity index is 1.47. The maximum atomic E-state index is 12.3. The van der Waals surface area contributed by atoms with E-state index in [2.05, 4.69) is 24.3 Å². The van der Waals surface area contributed by atoms with Gasteiger partial charge in [-0.2, -0.15) is 0 Å². The zero-order valence-corrected chi connectivity index (χ0v) is 9.75. The van der Waals surface area contributed by atoms with Gasteiger partial charge in [-0.15, -0.1) is 0 Å². The fourth-order valence-corrected chi connectivity index (χ4v) is 4.13. The normalized spacial score (nSPS) is 40.4. The van der Waals surface area contributed by atoms with Crippen molar-refractivity contribution in [2.24, 2.45) is 29.6 Å². The fourth-order valence-electron chi connectivity index (χ4n) is 4.13. The lowest BCUT2D eigenvalue weighted by atomic mass is 9.96. The van der Waals surface area contributed by atoms with E-state index >= 15 is 0 Å². The van der Waals surface area contributed by atoms with Crippen LogP contribution in [0.4, 0.5) is 0 Å². The summed E-state index contributed by atoms with van der Waals surface area (Å²) in [5, 5.41) is 0. The first-order valence-electron chi connectivity index (χ1n) is 6.59. The van der Waals surface area contributed by atoms with E-state index in [1.807, 2.05) is 18.2 Å². The summed E-state index contributed by atoms with van der Waals surface area (Å²) < 4.78 is 0. The van der Waals surface area contributed by atoms with Crippen molar-refractivity contribution in [1.29, 1.82) is 0 Å². The van der Waals surface area contributed by atoms with Gasteiger partial charge in [-0.1, -0.05) is 42.5 Å². The largest absolute Gasteiger partial charge is 0.299 e. The number of hydrogen-bond donors (Lipinski definition) is 0. The lowest BCUT2D eigenvalue weighted by Crippen LogP contribution is -2.12. The molecule has 0 spiro atoms. The summed E-state index contributed by atoms with van der Waals surface area (Å²) in [5.74, 6) is 3.74. The number of fused-ring (bicyclic) bond motifs is 5. The van der Waals surface area contributed by atoms with Gasteiger partial charge in [0.15, 0.2) is 0 Å². The van der Waals surface area contributed by atoms with Gasteiger partial charge in [0.1, 0.15) is 5.78 Å². The second-order valence-electron chi connectivity index (χ2n) is 5.76. The molecule has 0 amide bonds.